The van der Waals surface area contributed by atoms with Crippen LogP contribution in [0.25, 0.3) is 0 Å². The molecule has 2 amide bonds. The summed E-state index contributed by atoms with van der Waals surface area (Å²) in [5.74, 6) is -3.85. The molecule has 0 spiro atoms. The second-order valence-corrected chi connectivity index (χ2v) is 6.42. The highest BCUT2D eigenvalue weighted by Crippen LogP contribution is 2.34. The van der Waals surface area contributed by atoms with Gasteiger partial charge in [-0.25, -0.2) is 22.4 Å². The summed E-state index contributed by atoms with van der Waals surface area (Å²) in [6.45, 7) is 0.670. The number of carbonyl (C=O) groups excluding carboxylic acids is 1. The minimum absolute atomic E-state index is 0.216. The van der Waals surface area contributed by atoms with Crippen molar-refractivity contribution < 1.29 is 22.4 Å². The van der Waals surface area contributed by atoms with Crippen LogP contribution in [0.15, 0.2) is 54.7 Å². The van der Waals surface area contributed by atoms with Gasteiger partial charge in [-0.05, 0) is 42.0 Å². The fourth-order valence-corrected chi connectivity index (χ4v) is 3.43. The van der Waals surface area contributed by atoms with E-state index in [0.717, 1.165) is 24.3 Å². The van der Waals surface area contributed by atoms with E-state index in [1.165, 1.54) is 17.0 Å². The van der Waals surface area contributed by atoms with Crippen LogP contribution in [0.1, 0.15) is 17.3 Å². The number of halogens is 4. The van der Waals surface area contributed by atoms with Crippen molar-refractivity contribution in [1.29, 1.82) is 0 Å². The highest BCUT2D eigenvalue weighted by atomic mass is 19.2. The van der Waals surface area contributed by atoms with Gasteiger partial charge in [-0.2, -0.15) is 0 Å². The number of anilines is 1. The maximum absolute atomic E-state index is 13.9. The van der Waals surface area contributed by atoms with Crippen LogP contribution in [-0.4, -0.2) is 22.0 Å². The van der Waals surface area contributed by atoms with E-state index >= 15 is 0 Å². The molecule has 1 unspecified atom stereocenters. The Morgan fingerprint density at radius 1 is 0.893 bits per heavy atom. The summed E-state index contributed by atoms with van der Waals surface area (Å²) in [6, 6.07) is 8.70. The van der Waals surface area contributed by atoms with Crippen LogP contribution in [0, 0.1) is 23.3 Å². The smallest absolute Gasteiger partial charge is 0.322 e. The van der Waals surface area contributed by atoms with Gasteiger partial charge in [0.05, 0.1) is 6.04 Å². The molecule has 1 N–H and O–H groups in total. The predicted molar refractivity (Wildman–Crippen MR) is 94.7 cm³/mol. The normalized spacial score (nSPS) is 16.0. The summed E-state index contributed by atoms with van der Waals surface area (Å²) in [7, 11) is 0. The lowest BCUT2D eigenvalue weighted by Gasteiger charge is -2.37. The summed E-state index contributed by atoms with van der Waals surface area (Å²) >= 11 is 0. The first-order valence-corrected chi connectivity index (χ1v) is 8.57. The van der Waals surface area contributed by atoms with Crippen molar-refractivity contribution in [2.45, 2.75) is 12.6 Å². The number of hydrogen-bond acceptors (Lipinski definition) is 1. The van der Waals surface area contributed by atoms with Crippen LogP contribution in [0.5, 0.6) is 0 Å². The van der Waals surface area contributed by atoms with Gasteiger partial charge in [-0.1, -0.05) is 12.1 Å². The number of hydrogen-bond donors (Lipinski definition) is 1. The van der Waals surface area contributed by atoms with Crippen LogP contribution in [0.3, 0.4) is 0 Å². The molecule has 3 aromatic rings. The summed E-state index contributed by atoms with van der Waals surface area (Å²) in [5.41, 5.74) is 0.474. The lowest BCUT2D eigenvalue weighted by atomic mass is 10.00. The Morgan fingerprint density at radius 2 is 1.64 bits per heavy atom. The number of benzene rings is 2. The molecule has 8 heteroatoms. The Hall–Kier alpha value is -3.29. The van der Waals surface area contributed by atoms with Gasteiger partial charge in [0.1, 0.15) is 17.3 Å². The SMILES string of the molecule is O=C(Nc1c(F)cccc1F)N1CCn2cccc2C1c1ccc(F)c(F)c1. The van der Waals surface area contributed by atoms with E-state index in [9.17, 15) is 22.4 Å². The zero-order valence-corrected chi connectivity index (χ0v) is 14.5. The second-order valence-electron chi connectivity index (χ2n) is 6.42. The molecular weight excluding hydrogens is 374 g/mol. The molecule has 2 aromatic carbocycles. The topological polar surface area (TPSA) is 37.3 Å². The minimum atomic E-state index is -1.04. The molecular formula is C20H15F4N3O. The van der Waals surface area contributed by atoms with Crippen LogP contribution < -0.4 is 5.32 Å². The van der Waals surface area contributed by atoms with Crippen molar-refractivity contribution in [3.8, 4) is 0 Å². The molecule has 0 fully saturated rings. The summed E-state index contributed by atoms with van der Waals surface area (Å²) < 4.78 is 56.9. The molecule has 2 heterocycles. The lowest BCUT2D eigenvalue weighted by Crippen LogP contribution is -2.44. The van der Waals surface area contributed by atoms with E-state index in [2.05, 4.69) is 5.32 Å². The first-order valence-electron chi connectivity index (χ1n) is 8.57. The minimum Gasteiger partial charge on any atom is -0.348 e. The predicted octanol–water partition coefficient (Wildman–Crippen LogP) is 4.68. The lowest BCUT2D eigenvalue weighted by molar-refractivity contribution is 0.181. The fourth-order valence-electron chi connectivity index (χ4n) is 3.43. The molecule has 0 saturated carbocycles. The van der Waals surface area contributed by atoms with Crippen LogP contribution >= 0.6 is 0 Å². The molecule has 144 valence electrons. The number of amides is 2. The Labute approximate surface area is 158 Å². The van der Waals surface area contributed by atoms with Gasteiger partial charge in [-0.15, -0.1) is 0 Å². The van der Waals surface area contributed by atoms with Crippen LogP contribution in [-0.2, 0) is 6.54 Å². The fraction of sp³-hybridized carbons (Fsp3) is 0.150. The van der Waals surface area contributed by atoms with Crippen LogP contribution in [0.4, 0.5) is 28.0 Å². The zero-order valence-electron chi connectivity index (χ0n) is 14.5. The molecule has 0 radical (unpaired) electrons. The van der Waals surface area contributed by atoms with Crippen molar-refractivity contribution >= 4 is 11.7 Å². The monoisotopic (exact) mass is 389 g/mol. The van der Waals surface area contributed by atoms with Gasteiger partial charge in [0.25, 0.3) is 0 Å². The largest absolute Gasteiger partial charge is 0.348 e. The van der Waals surface area contributed by atoms with Gasteiger partial charge < -0.3 is 14.8 Å². The van der Waals surface area contributed by atoms with E-state index in [4.69, 9.17) is 0 Å². The van der Waals surface area contributed by atoms with Gasteiger partial charge >= 0.3 is 6.03 Å². The molecule has 0 saturated heterocycles. The first-order chi connectivity index (χ1) is 13.5. The molecule has 1 atom stereocenters. The highest BCUT2D eigenvalue weighted by molar-refractivity contribution is 5.90. The average molecular weight is 389 g/mol. The number of fused-ring (bicyclic) bond motifs is 1. The molecule has 0 bridgehead atoms. The third-order valence-electron chi connectivity index (χ3n) is 4.75. The first kappa shape index (κ1) is 18.1. The van der Waals surface area contributed by atoms with E-state index < -0.39 is 41.0 Å². The molecule has 1 aliphatic heterocycles. The summed E-state index contributed by atoms with van der Waals surface area (Å²) in [4.78, 5) is 14.2. The quantitative estimate of drug-likeness (QED) is 0.635. The number of aromatic nitrogens is 1. The average Bonchev–Trinajstić information content (AvgIpc) is 3.15. The molecule has 1 aromatic heterocycles. The maximum atomic E-state index is 13.9. The van der Waals surface area contributed by atoms with Crippen LogP contribution in [0.2, 0.25) is 0 Å². The van der Waals surface area contributed by atoms with Crippen molar-refractivity contribution in [1.82, 2.24) is 9.47 Å². The van der Waals surface area contributed by atoms with Gasteiger partial charge in [0.2, 0.25) is 0 Å². The molecule has 1 aliphatic rings. The number of carbonyl (C=O) groups is 1. The molecule has 4 rings (SSSR count). The van der Waals surface area contributed by atoms with E-state index in [1.54, 1.807) is 12.1 Å². The Kier molecular flexibility index (Phi) is 4.54. The summed E-state index contributed by atoms with van der Waals surface area (Å²) in [6.07, 6.45) is 1.81. The Morgan fingerprint density at radius 3 is 2.36 bits per heavy atom. The van der Waals surface area contributed by atoms with E-state index in [0.29, 0.717) is 17.8 Å². The van der Waals surface area contributed by atoms with Gasteiger partial charge in [0, 0.05) is 25.0 Å². The number of rotatable bonds is 2. The zero-order chi connectivity index (χ0) is 19.8. The van der Waals surface area contributed by atoms with Crippen molar-refractivity contribution in [2.24, 2.45) is 0 Å². The molecule has 4 nitrogen and oxygen atoms in total. The molecule has 0 aliphatic carbocycles. The highest BCUT2D eigenvalue weighted by Gasteiger charge is 2.33. The maximum Gasteiger partial charge on any atom is 0.322 e. The van der Waals surface area contributed by atoms with Gasteiger partial charge in [0.15, 0.2) is 11.6 Å². The number of nitrogens with one attached hydrogen (secondary N) is 1. The van der Waals surface area contributed by atoms with Crippen molar-refractivity contribution in [3.63, 3.8) is 0 Å². The third kappa shape index (κ3) is 3.11. The van der Waals surface area contributed by atoms with E-state index in [-0.39, 0.29) is 6.54 Å². The van der Waals surface area contributed by atoms with E-state index in [1.807, 2.05) is 10.8 Å². The van der Waals surface area contributed by atoms with Gasteiger partial charge in [-0.3, -0.25) is 0 Å². The molecule has 28 heavy (non-hydrogen) atoms. The second kappa shape index (κ2) is 7.03. The van der Waals surface area contributed by atoms with Crippen molar-refractivity contribution in [2.75, 3.05) is 11.9 Å². The number of nitrogens with zero attached hydrogens (tertiary/aromatic N) is 2. The number of para-hydroxylation sites is 1. The number of urea groups is 1. The summed E-state index contributed by atoms with van der Waals surface area (Å²) in [5, 5.41) is 2.26. The van der Waals surface area contributed by atoms with Crippen molar-refractivity contribution in [3.05, 3.63) is 89.3 Å². The third-order valence-corrected chi connectivity index (χ3v) is 4.75. The Balaban J connectivity index is 1.72. The Bertz CT molecular complexity index is 1030. The standard InChI is InChI=1S/C20H15F4N3O/c21-13-7-6-12(11-16(13)24)19-17-5-2-8-26(17)9-10-27(19)20(28)25-18-14(22)3-1-4-15(18)23/h1-8,11,19H,9-10H2,(H,25,28).